The Hall–Kier alpha value is -2.50. The first-order valence-electron chi connectivity index (χ1n) is 11.6. The number of anilines is 1. The van der Waals surface area contributed by atoms with Crippen LogP contribution in [0.2, 0.25) is 0 Å². The van der Waals surface area contributed by atoms with Gasteiger partial charge >= 0.3 is 5.63 Å². The molecule has 1 atom stereocenters. The van der Waals surface area contributed by atoms with Crippen LogP contribution in [-0.4, -0.2) is 68.5 Å². The van der Waals surface area contributed by atoms with Crippen LogP contribution in [0.25, 0.3) is 11.0 Å². The van der Waals surface area contributed by atoms with E-state index in [-0.39, 0.29) is 17.6 Å². The van der Waals surface area contributed by atoms with Crippen molar-refractivity contribution in [2.75, 3.05) is 51.8 Å². The number of hydrogen-bond acceptors (Lipinski definition) is 8. The van der Waals surface area contributed by atoms with Gasteiger partial charge in [-0.15, -0.1) is 0 Å². The Morgan fingerprint density at radius 2 is 1.94 bits per heavy atom. The number of nitrogens with zero attached hydrogens (tertiary/aromatic N) is 4. The summed E-state index contributed by atoms with van der Waals surface area (Å²) in [6, 6.07) is 9.41. The maximum absolute atomic E-state index is 13.1. The number of carbonyl (C=O) groups is 1. The van der Waals surface area contributed by atoms with Crippen LogP contribution >= 0.6 is 8.53 Å². The summed E-state index contributed by atoms with van der Waals surface area (Å²) < 4.78 is 19.2. The van der Waals surface area contributed by atoms with E-state index in [1.54, 1.807) is 11.0 Å². The van der Waals surface area contributed by atoms with E-state index in [0.29, 0.717) is 44.5 Å². The van der Waals surface area contributed by atoms with Gasteiger partial charge in [-0.05, 0) is 59.0 Å². The minimum absolute atomic E-state index is 0.0499. The molecule has 2 heterocycles. The van der Waals surface area contributed by atoms with Crippen LogP contribution in [0, 0.1) is 11.3 Å². The van der Waals surface area contributed by atoms with Gasteiger partial charge in [0.2, 0.25) is 0 Å². The molecule has 1 fully saturated rings. The van der Waals surface area contributed by atoms with Gasteiger partial charge in [0.15, 0.2) is 0 Å². The molecule has 1 aromatic carbocycles. The number of hydrogen-bond donors (Lipinski definition) is 0. The minimum Gasteiger partial charge on any atom is -0.422 e. The summed E-state index contributed by atoms with van der Waals surface area (Å²) in [7, 11) is 2.50. The molecule has 34 heavy (non-hydrogen) atoms. The van der Waals surface area contributed by atoms with Gasteiger partial charge in [0.05, 0.1) is 25.2 Å². The lowest BCUT2D eigenvalue weighted by atomic mass is 10.1. The Morgan fingerprint density at radius 1 is 1.24 bits per heavy atom. The second-order valence-corrected chi connectivity index (χ2v) is 10.0. The highest BCUT2D eigenvalue weighted by Gasteiger charge is 2.29. The van der Waals surface area contributed by atoms with E-state index in [0.717, 1.165) is 24.2 Å². The first-order chi connectivity index (χ1) is 16.4. The summed E-state index contributed by atoms with van der Waals surface area (Å²) in [5.74, 6) is -0.318. The average Bonchev–Trinajstić information content (AvgIpc) is 2.83. The van der Waals surface area contributed by atoms with Crippen LogP contribution in [0.4, 0.5) is 5.69 Å². The number of amides is 1. The third-order valence-electron chi connectivity index (χ3n) is 5.79. The Balaban J connectivity index is 1.65. The average molecular weight is 489 g/mol. The molecule has 10 heteroatoms. The van der Waals surface area contributed by atoms with E-state index in [9.17, 15) is 9.59 Å². The molecule has 0 radical (unpaired) electrons. The van der Waals surface area contributed by atoms with Gasteiger partial charge in [-0.3, -0.25) is 4.79 Å². The van der Waals surface area contributed by atoms with Crippen molar-refractivity contribution in [2.24, 2.45) is 0 Å². The highest BCUT2D eigenvalue weighted by atomic mass is 31.2. The van der Waals surface area contributed by atoms with Crippen LogP contribution in [-0.2, 0) is 9.05 Å². The summed E-state index contributed by atoms with van der Waals surface area (Å²) in [6.07, 6.45) is 1.55. The van der Waals surface area contributed by atoms with E-state index in [4.69, 9.17) is 18.7 Å². The van der Waals surface area contributed by atoms with Crippen molar-refractivity contribution in [2.45, 2.75) is 39.2 Å². The molecule has 184 valence electrons. The summed E-state index contributed by atoms with van der Waals surface area (Å²) >= 11 is 0. The van der Waals surface area contributed by atoms with Gasteiger partial charge in [0.25, 0.3) is 14.4 Å². The molecule has 0 spiro atoms. The molecule has 3 rings (SSSR count). The smallest absolute Gasteiger partial charge is 0.349 e. The third kappa shape index (κ3) is 6.34. The predicted molar refractivity (Wildman–Crippen MR) is 133 cm³/mol. The van der Waals surface area contributed by atoms with Crippen LogP contribution in [0.1, 0.15) is 43.5 Å². The molecule has 1 aliphatic rings. The van der Waals surface area contributed by atoms with Gasteiger partial charge < -0.3 is 23.3 Å². The van der Waals surface area contributed by atoms with Crippen LogP contribution in [0.3, 0.4) is 0 Å². The number of likely N-dealkylation sites (tertiary alicyclic amines) is 1. The Morgan fingerprint density at radius 3 is 2.56 bits per heavy atom. The zero-order valence-electron chi connectivity index (χ0n) is 20.3. The quantitative estimate of drug-likeness (QED) is 0.281. The molecule has 0 aliphatic carbocycles. The lowest BCUT2D eigenvalue weighted by Crippen LogP contribution is -2.42. The molecule has 1 unspecified atom stereocenters. The Bertz CT molecular complexity index is 1070. The summed E-state index contributed by atoms with van der Waals surface area (Å²) in [5.41, 5.74) is 0.898. The van der Waals surface area contributed by atoms with Crippen molar-refractivity contribution in [1.29, 1.82) is 5.26 Å². The highest BCUT2D eigenvalue weighted by molar-refractivity contribution is 7.44. The van der Waals surface area contributed by atoms with Gasteiger partial charge in [0, 0.05) is 43.3 Å². The van der Waals surface area contributed by atoms with E-state index < -0.39 is 14.2 Å². The molecular weight excluding hydrogens is 455 g/mol. The maximum Gasteiger partial charge on any atom is 0.349 e. The van der Waals surface area contributed by atoms with E-state index in [2.05, 4.69) is 24.8 Å². The van der Waals surface area contributed by atoms with E-state index in [1.807, 2.05) is 37.0 Å². The largest absolute Gasteiger partial charge is 0.422 e. The number of rotatable bonds is 10. The number of fused-ring (bicyclic) bond motifs is 1. The molecule has 1 aliphatic heterocycles. The highest BCUT2D eigenvalue weighted by Crippen LogP contribution is 2.43. The first kappa shape index (κ1) is 26.1. The van der Waals surface area contributed by atoms with Crippen molar-refractivity contribution in [3.8, 4) is 6.07 Å². The normalized spacial score (nSPS) is 15.5. The molecule has 1 amide bonds. The first-order valence-corrected chi connectivity index (χ1v) is 12.8. The molecule has 9 nitrogen and oxygen atoms in total. The predicted octanol–water partition coefficient (Wildman–Crippen LogP) is 3.98. The van der Waals surface area contributed by atoms with Crippen molar-refractivity contribution in [3.05, 3.63) is 40.2 Å². The fraction of sp³-hybridized carbons (Fsp3) is 0.542. The van der Waals surface area contributed by atoms with E-state index >= 15 is 0 Å². The second kappa shape index (κ2) is 12.3. The van der Waals surface area contributed by atoms with Gasteiger partial charge in [-0.1, -0.05) is 0 Å². The maximum atomic E-state index is 13.1. The molecule has 2 aromatic rings. The minimum atomic E-state index is -1.25. The van der Waals surface area contributed by atoms with Gasteiger partial charge in [-0.25, -0.2) is 9.46 Å². The number of benzene rings is 1. The molecule has 0 saturated carbocycles. The lowest BCUT2D eigenvalue weighted by Gasteiger charge is -2.34. The molecule has 1 aromatic heterocycles. The van der Waals surface area contributed by atoms with Crippen molar-refractivity contribution >= 4 is 31.1 Å². The van der Waals surface area contributed by atoms with Crippen molar-refractivity contribution < 1.29 is 18.3 Å². The Labute approximate surface area is 201 Å². The molecule has 0 bridgehead atoms. The van der Waals surface area contributed by atoms with Crippen LogP contribution in [0.5, 0.6) is 0 Å². The van der Waals surface area contributed by atoms with Crippen molar-refractivity contribution in [3.63, 3.8) is 0 Å². The monoisotopic (exact) mass is 488 g/mol. The summed E-state index contributed by atoms with van der Waals surface area (Å²) in [4.78, 5) is 29.6. The fourth-order valence-corrected chi connectivity index (χ4v) is 5.10. The third-order valence-corrected chi connectivity index (χ3v) is 7.32. The van der Waals surface area contributed by atoms with Crippen LogP contribution < -0.4 is 10.5 Å². The summed E-state index contributed by atoms with van der Waals surface area (Å²) in [5, 5.41) is 9.43. The fourth-order valence-electron chi connectivity index (χ4n) is 3.91. The van der Waals surface area contributed by atoms with E-state index in [1.165, 1.54) is 0 Å². The molecular formula is C24H33N4O5P. The lowest BCUT2D eigenvalue weighted by molar-refractivity contribution is 0.0565. The zero-order valence-corrected chi connectivity index (χ0v) is 21.2. The van der Waals surface area contributed by atoms with Gasteiger partial charge in [0.1, 0.15) is 11.1 Å². The number of piperidine rings is 1. The number of nitriles is 1. The SMILES string of the molecule is CCN(CC)c1ccc2cc(C(=O)N3CCC(OP(OCCC#N)N(C)C)CC3)c(=O)oc2c1. The second-order valence-electron chi connectivity index (χ2n) is 8.27. The standard InChI is InChI=1S/C24H33N4O5P/c1-5-27(6-2)19-9-8-18-16-21(24(30)32-22(18)17-19)23(29)28-13-10-20(11-14-28)33-34(26(3)4)31-15-7-12-25/h8-9,16-17,20H,5-7,10-11,13-15H2,1-4H3. The topological polar surface area (TPSA) is 99.3 Å². The van der Waals surface area contributed by atoms with Gasteiger partial charge in [-0.2, -0.15) is 5.26 Å². The molecule has 0 N–H and O–H groups in total. The zero-order chi connectivity index (χ0) is 24.7. The number of carbonyl (C=O) groups excluding carboxylic acids is 1. The molecule has 1 saturated heterocycles. The van der Waals surface area contributed by atoms with Crippen LogP contribution in [0.15, 0.2) is 33.5 Å². The summed E-state index contributed by atoms with van der Waals surface area (Å²) in [6.45, 7) is 7.14. The van der Waals surface area contributed by atoms with Crippen molar-refractivity contribution in [1.82, 2.24) is 9.57 Å². The Kier molecular flexibility index (Phi) is 9.43.